The van der Waals surface area contributed by atoms with E-state index in [0.29, 0.717) is 114 Å². The quantitative estimate of drug-likeness (QED) is 0.162. The van der Waals surface area contributed by atoms with E-state index in [1.165, 1.54) is 0 Å². The fourth-order valence-corrected chi connectivity index (χ4v) is 8.51. The molecule has 0 saturated heterocycles. The van der Waals surface area contributed by atoms with Crippen molar-refractivity contribution < 1.29 is 57.0 Å². The van der Waals surface area contributed by atoms with Gasteiger partial charge in [0.05, 0.1) is 56.9 Å². The maximum Gasteiger partial charge on any atom is 0.257 e. The van der Waals surface area contributed by atoms with Crippen LogP contribution < -0.4 is 63.3 Å². The lowest BCUT2D eigenvalue weighted by molar-refractivity contribution is -0.123. The number of nitrogens with one attached hydrogen (secondary N) is 3. The molecule has 0 saturated carbocycles. The molecule has 0 fully saturated rings. The Morgan fingerprint density at radius 2 is 0.561 bits per heavy atom. The van der Waals surface area contributed by atoms with Gasteiger partial charge in [-0.3, -0.25) is 9.59 Å². The second-order valence-corrected chi connectivity index (χ2v) is 15.9. The largest absolute Gasteiger partial charge is 0.496 e. The van der Waals surface area contributed by atoms with E-state index in [1.807, 2.05) is 60.7 Å². The molecule has 350 valence electrons. The smallest absolute Gasteiger partial charge is 0.257 e. The minimum absolute atomic E-state index is 0.239. The molecule has 5 aromatic rings. The summed E-state index contributed by atoms with van der Waals surface area (Å²) in [4.78, 5) is 26.3. The Hall–Kier alpha value is -7.00. The summed E-state index contributed by atoms with van der Waals surface area (Å²) < 4.78 is 61.0. The monoisotopic (exact) mass is 905 g/mol. The zero-order valence-corrected chi connectivity index (χ0v) is 39.0. The Labute approximate surface area is 385 Å². The van der Waals surface area contributed by atoms with E-state index in [4.69, 9.17) is 47.4 Å². The summed E-state index contributed by atoms with van der Waals surface area (Å²) in [7, 11) is 13.1. The first-order valence-electron chi connectivity index (χ1n) is 21.7. The first kappa shape index (κ1) is 47.0. The highest BCUT2D eigenvalue weighted by molar-refractivity contribution is 5.78. The third-order valence-corrected chi connectivity index (χ3v) is 11.8. The molecule has 12 bridgehead atoms. The van der Waals surface area contributed by atoms with E-state index in [-0.39, 0.29) is 37.9 Å². The second kappa shape index (κ2) is 21.8. The average Bonchev–Trinajstić information content (AvgIpc) is 3.33. The van der Waals surface area contributed by atoms with Gasteiger partial charge in [-0.1, -0.05) is 0 Å². The van der Waals surface area contributed by atoms with Crippen molar-refractivity contribution in [2.24, 2.45) is 0 Å². The van der Waals surface area contributed by atoms with Crippen LogP contribution in [0.25, 0.3) is 0 Å². The molecular weight excluding hydrogens is 847 g/mol. The van der Waals surface area contributed by atoms with E-state index >= 15 is 0 Å². The van der Waals surface area contributed by atoms with Gasteiger partial charge in [0, 0.05) is 114 Å². The number of hydrogen-bond acceptors (Lipinski definition) is 13. The molecule has 15 nitrogen and oxygen atoms in total. The van der Waals surface area contributed by atoms with Crippen LogP contribution in [0.2, 0.25) is 0 Å². The third-order valence-electron chi connectivity index (χ3n) is 11.8. The van der Waals surface area contributed by atoms with Crippen LogP contribution in [0.3, 0.4) is 0 Å². The van der Waals surface area contributed by atoms with Crippen LogP contribution in [-0.2, 0) is 41.7 Å². The normalized spacial score (nSPS) is 14.5. The molecule has 5 aromatic carbocycles. The highest BCUT2D eigenvalue weighted by Gasteiger charge is 2.24. The van der Waals surface area contributed by atoms with Gasteiger partial charge >= 0.3 is 0 Å². The Kier molecular flexibility index (Phi) is 15.5. The fraction of sp³-hybridized carbons (Fsp3) is 0.373. The standard InChI is InChI=1S/C51H59N3O12/c1-57-40-20-32-14-34-22-46(63-7)36(24-44(34)61-5)16-38-26-49-39(27-48(38)65-28-50(55)53-11-9-52-10-12-54-51(56)29-66-49)17-37-25-45(62-6)35(23-47(37)64-8)15-33-21-41(58-2)31(19-43(33)60-4)13-30(40)18-42(32)59-3/h18-27,52H,9-17,28-29H2,1-8H3,(H,53,55)(H,54,56). The molecule has 2 amide bonds. The topological polar surface area (TPSA) is 163 Å². The summed E-state index contributed by atoms with van der Waals surface area (Å²) in [6.45, 7) is 1.32. The van der Waals surface area contributed by atoms with Gasteiger partial charge in [0.15, 0.2) is 13.2 Å². The molecule has 0 atom stereocenters. The minimum Gasteiger partial charge on any atom is -0.496 e. The van der Waals surface area contributed by atoms with Gasteiger partial charge in [-0.05, 0) is 60.7 Å². The Balaban J connectivity index is 1.46. The second-order valence-electron chi connectivity index (χ2n) is 15.9. The SMILES string of the molecule is COc1cc2c(OC)cc1Cc1cc(OC)c(cc1OC)Cc1cc(OC)c(cc1OC)Cc1cc3c(cc1OCC(=O)NCCNCCNC(=O)CO3)Cc1cc(OC)c(cc1OC)C2. The number of hydrogen-bond donors (Lipinski definition) is 3. The van der Waals surface area contributed by atoms with Gasteiger partial charge in [0.1, 0.15) is 57.5 Å². The van der Waals surface area contributed by atoms with Crippen LogP contribution in [-0.4, -0.2) is 108 Å². The zero-order chi connectivity index (χ0) is 46.7. The first-order chi connectivity index (χ1) is 32.1. The van der Waals surface area contributed by atoms with Gasteiger partial charge in [0.2, 0.25) is 0 Å². The van der Waals surface area contributed by atoms with Crippen molar-refractivity contribution in [1.29, 1.82) is 0 Å². The number of rotatable bonds is 8. The van der Waals surface area contributed by atoms with Crippen LogP contribution >= 0.6 is 0 Å². The number of benzene rings is 5. The lowest BCUT2D eigenvalue weighted by Gasteiger charge is -2.21. The fourth-order valence-electron chi connectivity index (χ4n) is 8.51. The highest BCUT2D eigenvalue weighted by atomic mass is 16.5. The van der Waals surface area contributed by atoms with Crippen molar-refractivity contribution in [3.63, 3.8) is 0 Å². The van der Waals surface area contributed by atoms with Crippen LogP contribution in [0.1, 0.15) is 55.6 Å². The van der Waals surface area contributed by atoms with Crippen molar-refractivity contribution >= 4 is 11.8 Å². The summed E-state index contributed by atoms with van der Waals surface area (Å²) in [5.74, 6) is 5.42. The van der Waals surface area contributed by atoms with E-state index in [1.54, 1.807) is 56.9 Å². The summed E-state index contributed by atoms with van der Waals surface area (Å²) in [5, 5.41) is 9.02. The number of ether oxygens (including phenoxy) is 10. The molecule has 0 unspecified atom stereocenters. The van der Waals surface area contributed by atoms with Crippen LogP contribution in [0.5, 0.6) is 57.5 Å². The van der Waals surface area contributed by atoms with E-state index in [0.717, 1.165) is 44.5 Å². The lowest BCUT2D eigenvalue weighted by atomic mass is 9.94. The summed E-state index contributed by atoms with van der Waals surface area (Å²) in [5.41, 5.74) is 8.14. The Morgan fingerprint density at radius 3 is 0.788 bits per heavy atom. The maximum absolute atomic E-state index is 13.2. The van der Waals surface area contributed by atoms with Crippen LogP contribution in [0.4, 0.5) is 0 Å². The van der Waals surface area contributed by atoms with Crippen molar-refractivity contribution in [2.45, 2.75) is 32.1 Å². The molecule has 16 rings (SSSR count). The Morgan fingerprint density at radius 1 is 0.333 bits per heavy atom. The molecule has 2 heterocycles. The lowest BCUT2D eigenvalue weighted by Crippen LogP contribution is -2.38. The molecule has 66 heavy (non-hydrogen) atoms. The molecule has 3 N–H and O–H groups in total. The van der Waals surface area contributed by atoms with Gasteiger partial charge < -0.3 is 63.3 Å². The van der Waals surface area contributed by atoms with Gasteiger partial charge in [-0.2, -0.15) is 0 Å². The van der Waals surface area contributed by atoms with Gasteiger partial charge in [0.25, 0.3) is 11.8 Å². The molecule has 2 aliphatic heterocycles. The van der Waals surface area contributed by atoms with Crippen LogP contribution in [0.15, 0.2) is 60.7 Å². The van der Waals surface area contributed by atoms with Crippen molar-refractivity contribution in [3.05, 3.63) is 116 Å². The number of carbonyl (C=O) groups excluding carboxylic acids is 2. The summed E-state index contributed by atoms with van der Waals surface area (Å²) >= 11 is 0. The molecule has 0 radical (unpaired) electrons. The Bertz CT molecular complexity index is 2390. The maximum atomic E-state index is 13.2. The first-order valence-corrected chi connectivity index (χ1v) is 21.7. The van der Waals surface area contributed by atoms with E-state index < -0.39 is 0 Å². The number of carbonyl (C=O) groups is 2. The predicted molar refractivity (Wildman–Crippen MR) is 249 cm³/mol. The third kappa shape index (κ3) is 10.7. The van der Waals surface area contributed by atoms with Crippen LogP contribution in [0, 0.1) is 0 Å². The highest BCUT2D eigenvalue weighted by Crippen LogP contribution is 2.42. The summed E-state index contributed by atoms with van der Waals surface area (Å²) in [6.07, 6.45) is 1.88. The zero-order valence-electron chi connectivity index (χ0n) is 39.0. The number of methoxy groups -OCH3 is 8. The predicted octanol–water partition coefficient (Wildman–Crippen LogP) is 5.62. The average molecular weight is 906 g/mol. The molecule has 11 aliphatic rings. The van der Waals surface area contributed by atoms with Gasteiger partial charge in [-0.15, -0.1) is 0 Å². The summed E-state index contributed by atoms with van der Waals surface area (Å²) in [6, 6.07) is 19.5. The molecule has 0 spiro atoms. The number of fused-ring (bicyclic) bond motifs is 12. The van der Waals surface area contributed by atoms with Crippen molar-refractivity contribution in [2.75, 3.05) is 96.3 Å². The minimum atomic E-state index is -0.285. The van der Waals surface area contributed by atoms with Crippen molar-refractivity contribution in [1.82, 2.24) is 16.0 Å². The number of amides is 2. The molecular formula is C51H59N3O12. The van der Waals surface area contributed by atoms with E-state index in [9.17, 15) is 9.59 Å². The molecule has 0 aromatic heterocycles. The molecule has 9 aliphatic carbocycles. The van der Waals surface area contributed by atoms with Gasteiger partial charge in [-0.25, -0.2) is 0 Å². The van der Waals surface area contributed by atoms with E-state index in [2.05, 4.69) is 16.0 Å². The molecule has 15 heteroatoms. The van der Waals surface area contributed by atoms with Crippen molar-refractivity contribution in [3.8, 4) is 57.5 Å².